The van der Waals surface area contributed by atoms with Crippen molar-refractivity contribution in [2.75, 3.05) is 19.5 Å². The number of rotatable bonds is 12. The first kappa shape index (κ1) is 55.9. The van der Waals surface area contributed by atoms with Gasteiger partial charge in [-0.3, -0.25) is 18.9 Å². The van der Waals surface area contributed by atoms with Crippen LogP contribution in [0, 0.1) is 13.8 Å². The SMILES string of the molecule is COc1ccccc1N=C([O-])c1cc2ccccc2c(N=Nc2ccc(S(=O)(=O)O)c(C)c2Cl)c1[O-].COc1ccccc1NC(=O)c1cc2ccccc2c(N=Nc2ccc(S(=O)(=O)O)c(C)c2Cl)c1O.[Ba+2]. The topological polar surface area (TPSA) is 284 Å². The van der Waals surface area contributed by atoms with Crippen LogP contribution in [-0.2, 0) is 20.2 Å². The molecule has 18 nitrogen and oxygen atoms in total. The molecule has 0 spiro atoms. The molecule has 0 aliphatic heterocycles. The molecule has 8 aromatic rings. The standard InChI is InChI=1S/2C25H20ClN3O6S.Ba/c2*1-14-21(36(32,33)34)12-11-19(22(14)26)28-29-23-16-8-4-3-7-15(16)13-17(24(23)30)25(31)27-18-9-5-6-10-20(18)35-2;/h2*3-13,30H,1-2H3,(H,27,31)(H,32,33,34);/q;;+2/p-2. The summed E-state index contributed by atoms with van der Waals surface area (Å²) < 4.78 is 75.3. The Balaban J connectivity index is 0.000000235. The maximum absolute atomic E-state index is 13.3. The van der Waals surface area contributed by atoms with Crippen LogP contribution in [0.25, 0.3) is 21.5 Å². The number of aromatic hydroxyl groups is 1. The monoisotopic (exact) mass is 1190 g/mol. The van der Waals surface area contributed by atoms with E-state index >= 15 is 0 Å². The minimum Gasteiger partial charge on any atom is -0.871 e. The van der Waals surface area contributed by atoms with Crippen LogP contribution in [0.3, 0.4) is 0 Å². The summed E-state index contributed by atoms with van der Waals surface area (Å²) in [6, 6.07) is 35.1. The molecule has 73 heavy (non-hydrogen) atoms. The molecule has 0 heterocycles. The smallest absolute Gasteiger partial charge is 0.871 e. The Morgan fingerprint density at radius 1 is 0.603 bits per heavy atom. The summed E-state index contributed by atoms with van der Waals surface area (Å²) in [5, 5.41) is 58.5. The van der Waals surface area contributed by atoms with E-state index in [0.717, 1.165) is 12.1 Å². The van der Waals surface area contributed by atoms with Crippen LogP contribution in [0.5, 0.6) is 23.0 Å². The van der Waals surface area contributed by atoms with E-state index in [1.165, 1.54) is 52.3 Å². The molecular weight excluding hydrogens is 1150 g/mol. The summed E-state index contributed by atoms with van der Waals surface area (Å²) in [4.78, 5) is 16.4. The van der Waals surface area contributed by atoms with Crippen molar-refractivity contribution in [2.24, 2.45) is 25.4 Å². The molecule has 0 aliphatic rings. The van der Waals surface area contributed by atoms with Gasteiger partial charge in [-0.05, 0) is 108 Å². The third kappa shape index (κ3) is 12.5. The number of hydrogen-bond acceptors (Lipinski definition) is 15. The molecule has 0 atom stereocenters. The number of aliphatic imine (C=N–C) groups is 1. The molecule has 368 valence electrons. The number of para-hydroxylation sites is 4. The molecule has 8 rings (SSSR count). The molecular formula is C50H38BaCl2N6O12S2. The van der Waals surface area contributed by atoms with Crippen molar-refractivity contribution in [3.05, 3.63) is 166 Å². The first-order valence-corrected chi connectivity index (χ1v) is 24.5. The summed E-state index contributed by atoms with van der Waals surface area (Å²) in [6.07, 6.45) is 0. The molecule has 1 amide bonds. The number of hydrogen-bond donors (Lipinski definition) is 4. The van der Waals surface area contributed by atoms with Crippen LogP contribution < -0.4 is 25.0 Å². The van der Waals surface area contributed by atoms with Crippen molar-refractivity contribution in [1.29, 1.82) is 0 Å². The van der Waals surface area contributed by atoms with E-state index in [1.807, 2.05) is 0 Å². The summed E-state index contributed by atoms with van der Waals surface area (Å²) in [6.45, 7) is 2.82. The number of phenols is 1. The zero-order valence-electron chi connectivity index (χ0n) is 38.7. The second kappa shape index (κ2) is 23.6. The number of fused-ring (bicyclic) bond motifs is 2. The Kier molecular flexibility index (Phi) is 18.1. The second-order valence-electron chi connectivity index (χ2n) is 15.3. The van der Waals surface area contributed by atoms with Gasteiger partial charge in [0, 0.05) is 10.8 Å². The van der Waals surface area contributed by atoms with Crippen molar-refractivity contribution < 1.29 is 55.5 Å². The maximum Gasteiger partial charge on any atom is 2.00 e. The third-order valence-corrected chi connectivity index (χ3v) is 13.8. The van der Waals surface area contributed by atoms with E-state index in [-0.39, 0.29) is 119 Å². The average Bonchev–Trinajstić information content (AvgIpc) is 3.35. The molecule has 0 saturated heterocycles. The maximum atomic E-state index is 13.3. The first-order chi connectivity index (χ1) is 34.2. The molecule has 0 bridgehead atoms. The fourth-order valence-electron chi connectivity index (χ4n) is 7.22. The summed E-state index contributed by atoms with van der Waals surface area (Å²) in [7, 11) is -6.03. The summed E-state index contributed by atoms with van der Waals surface area (Å²) in [5.74, 6) is -1.65. The van der Waals surface area contributed by atoms with Crippen LogP contribution in [0.15, 0.2) is 169 Å². The van der Waals surface area contributed by atoms with Gasteiger partial charge >= 0.3 is 48.9 Å². The van der Waals surface area contributed by atoms with Gasteiger partial charge in [0.05, 0.1) is 51.0 Å². The van der Waals surface area contributed by atoms with E-state index in [4.69, 9.17) is 32.7 Å². The van der Waals surface area contributed by atoms with Gasteiger partial charge in [0.15, 0.2) is 5.75 Å². The third-order valence-electron chi connectivity index (χ3n) is 10.8. The number of nitrogens with one attached hydrogen (secondary N) is 1. The number of ether oxygens (including phenoxy) is 2. The minimum absolute atomic E-state index is 0. The summed E-state index contributed by atoms with van der Waals surface area (Å²) >= 11 is 12.5. The Hall–Kier alpha value is -6.41. The number of phenolic OH excluding ortho intramolecular Hbond substituents is 1. The Morgan fingerprint density at radius 3 is 1.59 bits per heavy atom. The zero-order chi connectivity index (χ0) is 52.1. The number of benzene rings is 8. The van der Waals surface area contributed by atoms with Crippen molar-refractivity contribution in [1.82, 2.24) is 0 Å². The van der Waals surface area contributed by atoms with Crippen molar-refractivity contribution in [3.63, 3.8) is 0 Å². The van der Waals surface area contributed by atoms with Gasteiger partial charge in [0.2, 0.25) is 0 Å². The minimum atomic E-state index is -4.49. The van der Waals surface area contributed by atoms with E-state index in [1.54, 1.807) is 97.1 Å². The fraction of sp³-hybridized carbons (Fsp3) is 0.0800. The van der Waals surface area contributed by atoms with Gasteiger partial charge in [0.1, 0.15) is 34.2 Å². The Labute approximate surface area is 468 Å². The number of carbonyl (C=O) groups is 1. The number of nitrogens with zero attached hydrogens (tertiary/aromatic N) is 5. The first-order valence-electron chi connectivity index (χ1n) is 20.9. The number of amides is 1. The van der Waals surface area contributed by atoms with E-state index in [2.05, 4.69) is 30.8 Å². The molecule has 0 aliphatic carbocycles. The summed E-state index contributed by atoms with van der Waals surface area (Å²) in [5.41, 5.74) is 0.676. The van der Waals surface area contributed by atoms with E-state index < -0.39 is 43.5 Å². The average molecular weight is 1190 g/mol. The fourth-order valence-corrected chi connectivity index (χ4v) is 9.19. The Bertz CT molecular complexity index is 3790. The van der Waals surface area contributed by atoms with Gasteiger partial charge in [-0.25, -0.2) is 0 Å². The zero-order valence-corrected chi connectivity index (χ0v) is 46.3. The van der Waals surface area contributed by atoms with Crippen molar-refractivity contribution >= 4 is 160 Å². The second-order valence-corrected chi connectivity index (χ2v) is 18.8. The van der Waals surface area contributed by atoms with Crippen LogP contribution in [0.2, 0.25) is 10.0 Å². The van der Waals surface area contributed by atoms with Gasteiger partial charge in [-0.15, -0.1) is 15.3 Å². The van der Waals surface area contributed by atoms with E-state index in [0.29, 0.717) is 38.7 Å². The van der Waals surface area contributed by atoms with Gasteiger partial charge in [-0.1, -0.05) is 102 Å². The Morgan fingerprint density at radius 2 is 1.05 bits per heavy atom. The number of anilines is 1. The molecule has 0 radical (unpaired) electrons. The molecule has 0 aromatic heterocycles. The predicted octanol–water partition coefficient (Wildman–Crippen LogP) is 11.0. The van der Waals surface area contributed by atoms with Crippen molar-refractivity contribution in [3.8, 4) is 23.0 Å². The predicted molar refractivity (Wildman–Crippen MR) is 275 cm³/mol. The van der Waals surface area contributed by atoms with Gasteiger partial charge < -0.3 is 30.1 Å². The number of halogens is 2. The molecule has 0 unspecified atom stereocenters. The van der Waals surface area contributed by atoms with Crippen molar-refractivity contribution in [2.45, 2.75) is 23.6 Å². The molecule has 4 N–H and O–H groups in total. The van der Waals surface area contributed by atoms with Crippen LogP contribution in [0.4, 0.5) is 34.1 Å². The number of azo groups is 2. The largest absolute Gasteiger partial charge is 2.00 e. The number of methoxy groups -OCH3 is 2. The quantitative estimate of drug-likeness (QED) is 0.0292. The van der Waals surface area contributed by atoms with Crippen LogP contribution in [0.1, 0.15) is 27.0 Å². The molecule has 23 heteroatoms. The normalized spacial score (nSPS) is 11.9. The van der Waals surface area contributed by atoms with E-state index in [9.17, 15) is 46.1 Å². The van der Waals surface area contributed by atoms with Crippen LogP contribution in [-0.4, -0.2) is 106 Å². The molecule has 8 aromatic carbocycles. The van der Waals surface area contributed by atoms with Gasteiger partial charge in [-0.2, -0.15) is 21.9 Å². The van der Waals surface area contributed by atoms with Crippen LogP contribution >= 0.6 is 23.2 Å². The molecule has 0 saturated carbocycles. The van der Waals surface area contributed by atoms with Gasteiger partial charge in [0.25, 0.3) is 26.1 Å². The number of carbonyl (C=O) groups excluding carboxylic acids is 1. The molecule has 0 fully saturated rings.